The molecule has 0 saturated heterocycles. The Labute approximate surface area is 93.5 Å². The van der Waals surface area contributed by atoms with Gasteiger partial charge >= 0.3 is 0 Å². The summed E-state index contributed by atoms with van der Waals surface area (Å²) in [5.41, 5.74) is 2.31. The Morgan fingerprint density at radius 1 is 1.06 bits per heavy atom. The van der Waals surface area contributed by atoms with E-state index >= 15 is 0 Å². The molecule has 1 aromatic heterocycles. The van der Waals surface area contributed by atoms with Crippen LogP contribution in [0.1, 0.15) is 12.6 Å². The molecule has 3 nitrogen and oxygen atoms in total. The second-order valence-electron chi connectivity index (χ2n) is 3.46. The smallest absolute Gasteiger partial charge is 0.248 e. The van der Waals surface area contributed by atoms with Gasteiger partial charge in [0.2, 0.25) is 5.56 Å². The minimum Gasteiger partial charge on any atom is -0.321 e. The highest BCUT2D eigenvalue weighted by Gasteiger charge is 1.97. The van der Waals surface area contributed by atoms with Crippen molar-refractivity contribution in [3.63, 3.8) is 0 Å². The number of aromatic amines is 1. The molecule has 16 heavy (non-hydrogen) atoms. The molecule has 0 aliphatic heterocycles. The minimum absolute atomic E-state index is 0.111. The Morgan fingerprint density at radius 3 is 2.50 bits per heavy atom. The van der Waals surface area contributed by atoms with Crippen molar-refractivity contribution in [2.45, 2.75) is 6.92 Å². The molecule has 1 aromatic carbocycles. The molecule has 3 heteroatoms. The first-order valence-electron chi connectivity index (χ1n) is 5.06. The van der Waals surface area contributed by atoms with Crippen LogP contribution in [0.3, 0.4) is 0 Å². The van der Waals surface area contributed by atoms with Crippen molar-refractivity contribution >= 4 is 11.4 Å². The Balaban J connectivity index is 2.36. The highest BCUT2D eigenvalue weighted by molar-refractivity contribution is 5.98. The predicted molar refractivity (Wildman–Crippen MR) is 65.4 cm³/mol. The molecule has 2 aromatic rings. The van der Waals surface area contributed by atoms with Crippen LogP contribution in [0.25, 0.3) is 0 Å². The molecule has 0 radical (unpaired) electrons. The minimum atomic E-state index is -0.111. The van der Waals surface area contributed by atoms with Gasteiger partial charge in [-0.05, 0) is 25.1 Å². The van der Waals surface area contributed by atoms with Gasteiger partial charge in [0.1, 0.15) is 0 Å². The summed E-state index contributed by atoms with van der Waals surface area (Å²) in [6.45, 7) is 1.87. The maximum atomic E-state index is 11.1. The highest BCUT2D eigenvalue weighted by atomic mass is 16.1. The Kier molecular flexibility index (Phi) is 2.96. The van der Waals surface area contributed by atoms with Gasteiger partial charge in [-0.3, -0.25) is 9.79 Å². The summed E-state index contributed by atoms with van der Waals surface area (Å²) in [6.07, 6.45) is 0. The van der Waals surface area contributed by atoms with E-state index in [2.05, 4.69) is 9.98 Å². The number of benzene rings is 1. The molecule has 0 saturated carbocycles. The van der Waals surface area contributed by atoms with Gasteiger partial charge in [0, 0.05) is 6.07 Å². The number of hydrogen-bond acceptors (Lipinski definition) is 2. The Morgan fingerprint density at radius 2 is 1.81 bits per heavy atom. The van der Waals surface area contributed by atoms with Crippen LogP contribution in [0.5, 0.6) is 0 Å². The van der Waals surface area contributed by atoms with E-state index < -0.39 is 0 Å². The molecule has 0 amide bonds. The first kappa shape index (κ1) is 10.4. The van der Waals surface area contributed by atoms with Crippen LogP contribution < -0.4 is 5.56 Å². The number of para-hydroxylation sites is 1. The van der Waals surface area contributed by atoms with Crippen molar-refractivity contribution in [3.05, 3.63) is 64.6 Å². The predicted octanol–water partition coefficient (Wildman–Crippen LogP) is 2.52. The lowest BCUT2D eigenvalue weighted by molar-refractivity contribution is 1.20. The van der Waals surface area contributed by atoms with Gasteiger partial charge in [0.15, 0.2) is 0 Å². The number of aliphatic imine (C=N–C) groups is 1. The van der Waals surface area contributed by atoms with Gasteiger partial charge in [0.25, 0.3) is 0 Å². The van der Waals surface area contributed by atoms with Crippen molar-refractivity contribution < 1.29 is 0 Å². The van der Waals surface area contributed by atoms with Gasteiger partial charge < -0.3 is 4.98 Å². The van der Waals surface area contributed by atoms with Crippen molar-refractivity contribution in [1.82, 2.24) is 4.98 Å². The number of nitrogens with zero attached hydrogens (tertiary/aromatic N) is 1. The number of H-pyrrole nitrogens is 1. The summed E-state index contributed by atoms with van der Waals surface area (Å²) >= 11 is 0. The molecule has 0 aliphatic rings. The van der Waals surface area contributed by atoms with E-state index in [1.807, 2.05) is 43.3 Å². The van der Waals surface area contributed by atoms with E-state index in [1.165, 1.54) is 6.07 Å². The van der Waals surface area contributed by atoms with E-state index in [1.54, 1.807) is 6.07 Å². The van der Waals surface area contributed by atoms with E-state index in [9.17, 15) is 4.79 Å². The summed E-state index contributed by atoms with van der Waals surface area (Å²) in [5.74, 6) is 0. The zero-order valence-corrected chi connectivity index (χ0v) is 8.97. The van der Waals surface area contributed by atoms with E-state index in [0.717, 1.165) is 17.1 Å². The Bertz CT molecular complexity index is 555. The fourth-order valence-electron chi connectivity index (χ4n) is 1.42. The molecule has 80 valence electrons. The van der Waals surface area contributed by atoms with E-state index in [-0.39, 0.29) is 5.56 Å². The normalized spacial score (nSPS) is 11.4. The second kappa shape index (κ2) is 4.57. The average Bonchev–Trinajstić information content (AvgIpc) is 2.30. The third-order valence-electron chi connectivity index (χ3n) is 2.21. The van der Waals surface area contributed by atoms with Crippen molar-refractivity contribution in [1.29, 1.82) is 0 Å². The average molecular weight is 212 g/mol. The van der Waals surface area contributed by atoms with Gasteiger partial charge in [-0.2, -0.15) is 0 Å². The van der Waals surface area contributed by atoms with E-state index in [4.69, 9.17) is 0 Å². The lowest BCUT2D eigenvalue weighted by atomic mass is 10.2. The number of aromatic nitrogens is 1. The third kappa shape index (κ3) is 2.45. The fraction of sp³-hybridized carbons (Fsp3) is 0.0769. The molecule has 0 fully saturated rings. The molecule has 0 bridgehead atoms. The summed E-state index contributed by atoms with van der Waals surface area (Å²) in [4.78, 5) is 18.3. The van der Waals surface area contributed by atoms with Crippen LogP contribution in [0.4, 0.5) is 5.69 Å². The van der Waals surface area contributed by atoms with E-state index in [0.29, 0.717) is 0 Å². The summed E-state index contributed by atoms with van der Waals surface area (Å²) in [5, 5.41) is 0. The molecule has 2 rings (SSSR count). The maximum Gasteiger partial charge on any atom is 0.248 e. The first-order valence-corrected chi connectivity index (χ1v) is 5.06. The van der Waals surface area contributed by atoms with Crippen LogP contribution in [-0.2, 0) is 0 Å². The SMILES string of the molecule is C/C(=N\c1ccccc1)c1cccc(=O)[nH]1. The topological polar surface area (TPSA) is 45.2 Å². The Hall–Kier alpha value is -2.16. The maximum absolute atomic E-state index is 11.1. The molecule has 1 N–H and O–H groups in total. The molecule has 0 atom stereocenters. The zero-order chi connectivity index (χ0) is 11.4. The van der Waals surface area contributed by atoms with Crippen molar-refractivity contribution in [3.8, 4) is 0 Å². The van der Waals surface area contributed by atoms with Crippen LogP contribution in [0.2, 0.25) is 0 Å². The monoisotopic (exact) mass is 212 g/mol. The highest BCUT2D eigenvalue weighted by Crippen LogP contribution is 2.11. The van der Waals surface area contributed by atoms with Crippen LogP contribution in [0, 0.1) is 0 Å². The number of rotatable bonds is 2. The standard InChI is InChI=1S/C13H12N2O/c1-10(12-8-5-9-13(16)15-12)14-11-6-3-2-4-7-11/h2-9H,1H3,(H,15,16)/b14-10+. The number of nitrogens with one attached hydrogen (secondary N) is 1. The van der Waals surface area contributed by atoms with Crippen LogP contribution >= 0.6 is 0 Å². The van der Waals surface area contributed by atoms with Crippen molar-refractivity contribution in [2.24, 2.45) is 4.99 Å². The van der Waals surface area contributed by atoms with Gasteiger partial charge in [-0.25, -0.2) is 0 Å². The van der Waals surface area contributed by atoms with Crippen LogP contribution in [0.15, 0.2) is 58.3 Å². The quantitative estimate of drug-likeness (QED) is 0.764. The van der Waals surface area contributed by atoms with Gasteiger partial charge in [0.05, 0.1) is 17.1 Å². The van der Waals surface area contributed by atoms with Gasteiger partial charge in [-0.1, -0.05) is 24.3 Å². The number of pyridine rings is 1. The zero-order valence-electron chi connectivity index (χ0n) is 8.97. The molecule has 0 aliphatic carbocycles. The first-order chi connectivity index (χ1) is 7.75. The molecular weight excluding hydrogens is 200 g/mol. The second-order valence-corrected chi connectivity index (χ2v) is 3.46. The van der Waals surface area contributed by atoms with Gasteiger partial charge in [-0.15, -0.1) is 0 Å². The lowest BCUT2D eigenvalue weighted by Crippen LogP contribution is -2.09. The number of hydrogen-bond donors (Lipinski definition) is 1. The van der Waals surface area contributed by atoms with Crippen LogP contribution in [-0.4, -0.2) is 10.7 Å². The lowest BCUT2D eigenvalue weighted by Gasteiger charge is -2.00. The molecular formula is C13H12N2O. The largest absolute Gasteiger partial charge is 0.321 e. The summed E-state index contributed by atoms with van der Waals surface area (Å²) < 4.78 is 0. The molecule has 1 heterocycles. The molecule has 0 spiro atoms. The third-order valence-corrected chi connectivity index (χ3v) is 2.21. The fourth-order valence-corrected chi connectivity index (χ4v) is 1.42. The summed E-state index contributed by atoms with van der Waals surface area (Å²) in [7, 11) is 0. The van der Waals surface area contributed by atoms with Crippen molar-refractivity contribution in [2.75, 3.05) is 0 Å². The summed E-state index contributed by atoms with van der Waals surface area (Å²) in [6, 6.07) is 14.7. The molecule has 0 unspecified atom stereocenters.